The average molecular weight is 383 g/mol. The predicted octanol–water partition coefficient (Wildman–Crippen LogP) is 1.70. The van der Waals surface area contributed by atoms with Crippen LogP contribution in [-0.2, 0) is 4.79 Å². The minimum absolute atomic E-state index is 0.299. The molecule has 0 spiro atoms. The van der Waals surface area contributed by atoms with Crippen LogP contribution in [0.1, 0.15) is 15.9 Å². The SMILES string of the molecule is C[NH+]1CCN(C=C2C(=O)N(c3ccc(Cl)cc3)C(=O)c3ccccc32)CC1. The molecular formula is C21H21ClN3O2+. The van der Waals surface area contributed by atoms with Gasteiger partial charge in [0.2, 0.25) is 0 Å². The van der Waals surface area contributed by atoms with Crippen molar-refractivity contribution in [2.45, 2.75) is 0 Å². The lowest BCUT2D eigenvalue weighted by molar-refractivity contribution is -0.883. The van der Waals surface area contributed by atoms with Crippen molar-refractivity contribution in [3.63, 3.8) is 0 Å². The van der Waals surface area contributed by atoms with Crippen molar-refractivity contribution in [2.75, 3.05) is 38.1 Å². The van der Waals surface area contributed by atoms with Gasteiger partial charge in [-0.05, 0) is 30.3 Å². The van der Waals surface area contributed by atoms with Gasteiger partial charge < -0.3 is 9.80 Å². The zero-order valence-electron chi connectivity index (χ0n) is 15.1. The van der Waals surface area contributed by atoms with Crippen LogP contribution in [-0.4, -0.2) is 49.9 Å². The Morgan fingerprint density at radius 1 is 0.926 bits per heavy atom. The Bertz CT molecular complexity index is 915. The van der Waals surface area contributed by atoms with E-state index in [2.05, 4.69) is 11.9 Å². The number of imide groups is 1. The first kappa shape index (κ1) is 17.8. The van der Waals surface area contributed by atoms with Crippen molar-refractivity contribution in [3.05, 3.63) is 70.9 Å². The van der Waals surface area contributed by atoms with Gasteiger partial charge in [0.15, 0.2) is 0 Å². The molecule has 1 saturated heterocycles. The number of nitrogens with one attached hydrogen (secondary N) is 1. The molecule has 4 rings (SSSR count). The van der Waals surface area contributed by atoms with Gasteiger partial charge in [-0.1, -0.05) is 29.8 Å². The summed E-state index contributed by atoms with van der Waals surface area (Å²) in [7, 11) is 2.17. The van der Waals surface area contributed by atoms with Crippen molar-refractivity contribution in [3.8, 4) is 0 Å². The summed E-state index contributed by atoms with van der Waals surface area (Å²) in [6.07, 6.45) is 1.92. The molecule has 0 saturated carbocycles. The van der Waals surface area contributed by atoms with Gasteiger partial charge in [-0.15, -0.1) is 0 Å². The lowest BCUT2D eigenvalue weighted by Crippen LogP contribution is -3.11. The van der Waals surface area contributed by atoms with E-state index < -0.39 is 0 Å². The quantitative estimate of drug-likeness (QED) is 0.635. The highest BCUT2D eigenvalue weighted by molar-refractivity contribution is 6.41. The monoisotopic (exact) mass is 382 g/mol. The summed E-state index contributed by atoms with van der Waals surface area (Å²) in [4.78, 5) is 31.2. The number of hydrogen-bond acceptors (Lipinski definition) is 3. The van der Waals surface area contributed by atoms with Gasteiger partial charge >= 0.3 is 0 Å². The summed E-state index contributed by atoms with van der Waals surface area (Å²) in [5, 5.41) is 0.562. The molecule has 0 unspecified atom stereocenters. The molecule has 2 aliphatic rings. The van der Waals surface area contributed by atoms with Gasteiger partial charge in [-0.25, -0.2) is 4.90 Å². The van der Waals surface area contributed by atoms with Crippen molar-refractivity contribution in [1.29, 1.82) is 0 Å². The normalized spacial score (nSPS) is 19.6. The van der Waals surface area contributed by atoms with Crippen molar-refractivity contribution < 1.29 is 14.5 Å². The molecular weight excluding hydrogens is 362 g/mol. The first-order chi connectivity index (χ1) is 13.0. The molecule has 0 atom stereocenters. The molecule has 1 N–H and O–H groups in total. The number of anilines is 1. The van der Waals surface area contributed by atoms with Crippen LogP contribution in [0.3, 0.4) is 0 Å². The largest absolute Gasteiger partial charge is 0.365 e. The third-order valence-corrected chi connectivity index (χ3v) is 5.38. The number of nitrogens with zero attached hydrogens (tertiary/aromatic N) is 2. The number of rotatable bonds is 2. The molecule has 2 aromatic carbocycles. The van der Waals surface area contributed by atoms with E-state index in [1.165, 1.54) is 9.80 Å². The van der Waals surface area contributed by atoms with Crippen LogP contribution in [0, 0.1) is 0 Å². The molecule has 0 radical (unpaired) electrons. The van der Waals surface area contributed by atoms with Crippen molar-refractivity contribution >= 4 is 34.7 Å². The van der Waals surface area contributed by atoms with Crippen LogP contribution in [0.15, 0.2) is 54.7 Å². The number of halogens is 1. The minimum Gasteiger partial charge on any atom is -0.365 e. The second-order valence-electron chi connectivity index (χ2n) is 7.00. The summed E-state index contributed by atoms with van der Waals surface area (Å²) >= 11 is 5.97. The van der Waals surface area contributed by atoms with E-state index in [4.69, 9.17) is 11.6 Å². The van der Waals surface area contributed by atoms with Gasteiger partial charge in [0.1, 0.15) is 0 Å². The Morgan fingerprint density at radius 3 is 2.22 bits per heavy atom. The lowest BCUT2D eigenvalue weighted by atomic mass is 9.93. The standard InChI is InChI=1S/C21H20ClN3O2/c1-23-10-12-24(13-11-23)14-19-17-4-2-3-5-18(17)20(26)25(21(19)27)16-8-6-15(22)7-9-16/h2-9,14H,10-13H2,1H3/p+1. The van der Waals surface area contributed by atoms with Gasteiger partial charge in [0.25, 0.3) is 11.8 Å². The van der Waals surface area contributed by atoms with Gasteiger partial charge in [0.05, 0.1) is 44.5 Å². The van der Waals surface area contributed by atoms with E-state index in [9.17, 15) is 9.59 Å². The molecule has 27 heavy (non-hydrogen) atoms. The molecule has 5 nitrogen and oxygen atoms in total. The smallest absolute Gasteiger partial charge is 0.267 e. The zero-order chi connectivity index (χ0) is 19.0. The number of benzene rings is 2. The summed E-state index contributed by atoms with van der Waals surface area (Å²) in [6, 6.07) is 14.1. The van der Waals surface area contributed by atoms with Crippen LogP contribution >= 0.6 is 11.6 Å². The summed E-state index contributed by atoms with van der Waals surface area (Å²) < 4.78 is 0. The van der Waals surface area contributed by atoms with Crippen molar-refractivity contribution in [1.82, 2.24) is 4.90 Å². The molecule has 0 aliphatic carbocycles. The maximum Gasteiger partial charge on any atom is 0.267 e. The summed E-state index contributed by atoms with van der Waals surface area (Å²) in [6.45, 7) is 3.83. The fourth-order valence-electron chi connectivity index (χ4n) is 3.52. The van der Waals surface area contributed by atoms with Crippen LogP contribution in [0.5, 0.6) is 0 Å². The highest BCUT2D eigenvalue weighted by Crippen LogP contribution is 2.32. The Hall–Kier alpha value is -2.63. The van der Waals surface area contributed by atoms with E-state index in [-0.39, 0.29) is 11.8 Å². The van der Waals surface area contributed by atoms with E-state index in [0.29, 0.717) is 27.4 Å². The van der Waals surface area contributed by atoms with Crippen LogP contribution in [0.4, 0.5) is 5.69 Å². The van der Waals surface area contributed by atoms with E-state index in [1.54, 1.807) is 30.3 Å². The van der Waals surface area contributed by atoms with Crippen LogP contribution < -0.4 is 9.80 Å². The van der Waals surface area contributed by atoms with Crippen LogP contribution in [0.25, 0.3) is 5.57 Å². The Balaban J connectivity index is 1.78. The molecule has 2 aromatic rings. The van der Waals surface area contributed by atoms with Gasteiger partial charge in [-0.3, -0.25) is 9.59 Å². The zero-order valence-corrected chi connectivity index (χ0v) is 15.9. The maximum absolute atomic E-state index is 13.3. The number of carbonyl (C=O) groups excluding carboxylic acids is 2. The van der Waals surface area contributed by atoms with Gasteiger partial charge in [-0.2, -0.15) is 0 Å². The Morgan fingerprint density at radius 2 is 1.56 bits per heavy atom. The van der Waals surface area contributed by atoms with E-state index in [0.717, 1.165) is 26.2 Å². The second kappa shape index (κ2) is 7.18. The molecule has 6 heteroatoms. The fourth-order valence-corrected chi connectivity index (χ4v) is 3.65. The van der Waals surface area contributed by atoms with E-state index >= 15 is 0 Å². The van der Waals surface area contributed by atoms with Gasteiger partial charge in [0, 0.05) is 22.3 Å². The molecule has 2 amide bonds. The Labute approximate surface area is 163 Å². The molecule has 2 heterocycles. The fraction of sp³-hybridized carbons (Fsp3) is 0.238. The highest BCUT2D eigenvalue weighted by Gasteiger charge is 2.36. The number of fused-ring (bicyclic) bond motifs is 1. The minimum atomic E-state index is -0.308. The number of amides is 2. The van der Waals surface area contributed by atoms with Crippen molar-refractivity contribution in [2.24, 2.45) is 0 Å². The number of piperazine rings is 1. The third kappa shape index (κ3) is 3.36. The molecule has 138 valence electrons. The van der Waals surface area contributed by atoms with Crippen LogP contribution in [0.2, 0.25) is 5.02 Å². The average Bonchev–Trinajstić information content (AvgIpc) is 2.68. The molecule has 2 aliphatic heterocycles. The first-order valence-electron chi connectivity index (χ1n) is 9.05. The summed E-state index contributed by atoms with van der Waals surface area (Å²) in [5.41, 5.74) is 2.32. The third-order valence-electron chi connectivity index (χ3n) is 5.13. The maximum atomic E-state index is 13.3. The highest BCUT2D eigenvalue weighted by atomic mass is 35.5. The lowest BCUT2D eigenvalue weighted by Gasteiger charge is -2.32. The molecule has 1 fully saturated rings. The Kier molecular flexibility index (Phi) is 4.72. The number of quaternary nitrogens is 1. The first-order valence-corrected chi connectivity index (χ1v) is 9.43. The predicted molar refractivity (Wildman–Crippen MR) is 106 cm³/mol. The van der Waals surface area contributed by atoms with E-state index in [1.807, 2.05) is 24.4 Å². The molecule has 0 aromatic heterocycles. The number of hydrogen-bond donors (Lipinski definition) is 1. The number of likely N-dealkylation sites (N-methyl/N-ethyl adjacent to an activating group) is 1. The summed E-state index contributed by atoms with van der Waals surface area (Å²) in [5.74, 6) is -0.606. The topological polar surface area (TPSA) is 45.1 Å². The second-order valence-corrected chi connectivity index (χ2v) is 7.44. The number of carbonyl (C=O) groups is 2. The molecule has 0 bridgehead atoms.